The van der Waals surface area contributed by atoms with Gasteiger partial charge in [0.05, 0.1) is 0 Å². The summed E-state index contributed by atoms with van der Waals surface area (Å²) < 4.78 is 6.14. The van der Waals surface area contributed by atoms with Crippen LogP contribution in [0.3, 0.4) is 0 Å². The molecular weight excluding hydrogens is 246 g/mol. The normalized spacial score (nSPS) is 20.3. The van der Waals surface area contributed by atoms with Crippen molar-refractivity contribution in [1.82, 2.24) is 5.32 Å². The Kier molecular flexibility index (Phi) is 5.09. The van der Waals surface area contributed by atoms with Crippen LogP contribution >= 0.6 is 0 Å². The van der Waals surface area contributed by atoms with Crippen molar-refractivity contribution in [3.8, 4) is 5.75 Å². The van der Waals surface area contributed by atoms with Gasteiger partial charge in [-0.2, -0.15) is 0 Å². The van der Waals surface area contributed by atoms with Crippen LogP contribution in [-0.4, -0.2) is 19.2 Å². The highest BCUT2D eigenvalue weighted by molar-refractivity contribution is 5.40. The first kappa shape index (κ1) is 15.4. The Balaban J connectivity index is 1.93. The maximum absolute atomic E-state index is 6.14. The number of ether oxygens (including phenoxy) is 1. The molecule has 2 unspecified atom stereocenters. The third-order valence-electron chi connectivity index (χ3n) is 4.51. The zero-order valence-electron chi connectivity index (χ0n) is 13.5. The highest BCUT2D eigenvalue weighted by Gasteiger charge is 2.31. The summed E-state index contributed by atoms with van der Waals surface area (Å²) in [5, 5.41) is 3.58. The minimum Gasteiger partial charge on any atom is -0.490 e. The summed E-state index contributed by atoms with van der Waals surface area (Å²) in [6.07, 6.45) is 4.94. The van der Waals surface area contributed by atoms with Crippen LogP contribution in [0.25, 0.3) is 0 Å². The van der Waals surface area contributed by atoms with Crippen molar-refractivity contribution in [3.05, 3.63) is 29.3 Å². The van der Waals surface area contributed by atoms with Gasteiger partial charge >= 0.3 is 0 Å². The van der Waals surface area contributed by atoms with Crippen molar-refractivity contribution >= 4 is 0 Å². The first-order valence-electron chi connectivity index (χ1n) is 8.03. The summed E-state index contributed by atoms with van der Waals surface area (Å²) in [6, 6.07) is 6.54. The van der Waals surface area contributed by atoms with Gasteiger partial charge in [-0.05, 0) is 49.8 Å². The molecule has 0 amide bonds. The molecule has 20 heavy (non-hydrogen) atoms. The predicted molar refractivity (Wildman–Crippen MR) is 85.5 cm³/mol. The lowest BCUT2D eigenvalue weighted by atomic mass is 9.81. The Bertz CT molecular complexity index is 443. The van der Waals surface area contributed by atoms with Crippen molar-refractivity contribution in [2.45, 2.75) is 59.5 Å². The van der Waals surface area contributed by atoms with E-state index < -0.39 is 0 Å². The van der Waals surface area contributed by atoms with Crippen LogP contribution < -0.4 is 10.1 Å². The van der Waals surface area contributed by atoms with Crippen molar-refractivity contribution in [3.63, 3.8) is 0 Å². The van der Waals surface area contributed by atoms with Crippen LogP contribution in [0.2, 0.25) is 0 Å². The lowest BCUT2D eigenvalue weighted by Gasteiger charge is -2.31. The molecule has 0 bridgehead atoms. The van der Waals surface area contributed by atoms with E-state index >= 15 is 0 Å². The molecule has 0 aromatic heterocycles. The van der Waals surface area contributed by atoms with Crippen molar-refractivity contribution in [2.24, 2.45) is 5.41 Å². The first-order chi connectivity index (χ1) is 9.56. The molecule has 1 N–H and O–H groups in total. The average Bonchev–Trinajstić information content (AvgIpc) is 2.80. The topological polar surface area (TPSA) is 21.3 Å². The van der Waals surface area contributed by atoms with Crippen LogP contribution in [0.15, 0.2) is 18.2 Å². The lowest BCUT2D eigenvalue weighted by Crippen LogP contribution is -2.36. The third kappa shape index (κ3) is 3.76. The minimum absolute atomic E-state index is 0.330. The van der Waals surface area contributed by atoms with Crippen LogP contribution in [0, 0.1) is 12.3 Å². The van der Waals surface area contributed by atoms with Gasteiger partial charge < -0.3 is 10.1 Å². The van der Waals surface area contributed by atoms with Gasteiger partial charge in [-0.25, -0.2) is 0 Å². The molecule has 0 radical (unpaired) electrons. The quantitative estimate of drug-likeness (QED) is 0.756. The Hall–Kier alpha value is -1.02. The lowest BCUT2D eigenvalue weighted by molar-refractivity contribution is 0.140. The fourth-order valence-electron chi connectivity index (χ4n) is 3.02. The summed E-state index contributed by atoms with van der Waals surface area (Å²) in [7, 11) is 0. The van der Waals surface area contributed by atoms with Crippen LogP contribution in [0.4, 0.5) is 0 Å². The Labute approximate surface area is 123 Å². The monoisotopic (exact) mass is 275 g/mol. The third-order valence-corrected chi connectivity index (χ3v) is 4.51. The highest BCUT2D eigenvalue weighted by Crippen LogP contribution is 2.36. The Morgan fingerprint density at radius 2 is 2.15 bits per heavy atom. The zero-order chi connectivity index (χ0) is 14.6. The van der Waals surface area contributed by atoms with E-state index in [-0.39, 0.29) is 0 Å². The van der Waals surface area contributed by atoms with Crippen LogP contribution in [0.1, 0.15) is 51.2 Å². The van der Waals surface area contributed by atoms with E-state index in [4.69, 9.17) is 4.74 Å². The molecule has 0 aliphatic carbocycles. The van der Waals surface area contributed by atoms with Crippen LogP contribution in [0.5, 0.6) is 5.75 Å². The second-order valence-corrected chi connectivity index (χ2v) is 6.60. The summed E-state index contributed by atoms with van der Waals surface area (Å²) in [6.45, 7) is 11.2. The maximum Gasteiger partial charge on any atom is 0.123 e. The van der Waals surface area contributed by atoms with Gasteiger partial charge in [0.2, 0.25) is 0 Å². The number of nitrogens with one attached hydrogen (secondary N) is 1. The van der Waals surface area contributed by atoms with E-state index in [2.05, 4.69) is 51.2 Å². The van der Waals surface area contributed by atoms with Gasteiger partial charge in [-0.3, -0.25) is 0 Å². The molecule has 1 aromatic carbocycles. The number of hydrogen-bond donors (Lipinski definition) is 1. The molecule has 1 aromatic rings. The second kappa shape index (κ2) is 6.62. The summed E-state index contributed by atoms with van der Waals surface area (Å²) in [5.74, 6) is 1.10. The van der Waals surface area contributed by atoms with Gasteiger partial charge in [-0.1, -0.05) is 38.5 Å². The largest absolute Gasteiger partial charge is 0.490 e. The molecule has 2 heteroatoms. The second-order valence-electron chi connectivity index (χ2n) is 6.60. The first-order valence-corrected chi connectivity index (χ1v) is 8.03. The molecule has 0 fully saturated rings. The fourth-order valence-corrected chi connectivity index (χ4v) is 3.02. The van der Waals surface area contributed by atoms with E-state index in [0.29, 0.717) is 11.5 Å². The van der Waals surface area contributed by atoms with Gasteiger partial charge in [0, 0.05) is 13.0 Å². The van der Waals surface area contributed by atoms with Crippen molar-refractivity contribution < 1.29 is 4.74 Å². The van der Waals surface area contributed by atoms with Gasteiger partial charge in [-0.15, -0.1) is 0 Å². The summed E-state index contributed by atoms with van der Waals surface area (Å²) in [5.41, 5.74) is 3.04. The van der Waals surface area contributed by atoms with Crippen LogP contribution in [-0.2, 0) is 6.42 Å². The van der Waals surface area contributed by atoms with Gasteiger partial charge in [0.25, 0.3) is 0 Å². The Morgan fingerprint density at radius 3 is 2.85 bits per heavy atom. The number of fused-ring (bicyclic) bond motifs is 1. The van der Waals surface area contributed by atoms with E-state index in [1.165, 1.54) is 24.0 Å². The molecule has 1 aliphatic heterocycles. The number of benzene rings is 1. The van der Waals surface area contributed by atoms with E-state index in [0.717, 1.165) is 31.7 Å². The molecule has 0 spiro atoms. The fraction of sp³-hybridized carbons (Fsp3) is 0.667. The molecule has 2 atom stereocenters. The molecule has 0 saturated carbocycles. The molecule has 112 valence electrons. The summed E-state index contributed by atoms with van der Waals surface area (Å²) in [4.78, 5) is 0. The molecular formula is C18H29NO. The number of aryl methyl sites for hydroxylation is 1. The molecule has 1 heterocycles. The van der Waals surface area contributed by atoms with E-state index in [1.807, 2.05) is 0 Å². The van der Waals surface area contributed by atoms with Crippen molar-refractivity contribution in [2.75, 3.05) is 13.1 Å². The summed E-state index contributed by atoms with van der Waals surface area (Å²) >= 11 is 0. The van der Waals surface area contributed by atoms with Crippen molar-refractivity contribution in [1.29, 1.82) is 0 Å². The SMILES string of the molecule is CCCNCC(C)(CC)CC1Cc2cc(C)ccc2O1. The predicted octanol–water partition coefficient (Wildman–Crippen LogP) is 4.10. The smallest absolute Gasteiger partial charge is 0.123 e. The minimum atomic E-state index is 0.330. The zero-order valence-corrected chi connectivity index (χ0v) is 13.5. The van der Waals surface area contributed by atoms with Gasteiger partial charge in [0.15, 0.2) is 0 Å². The maximum atomic E-state index is 6.14. The number of hydrogen-bond acceptors (Lipinski definition) is 2. The molecule has 2 rings (SSSR count). The standard InChI is InChI=1S/C18H29NO/c1-5-9-19-13-18(4,6-2)12-16-11-15-10-14(3)7-8-17(15)20-16/h7-8,10,16,19H,5-6,9,11-13H2,1-4H3. The molecule has 2 nitrogen and oxygen atoms in total. The number of rotatable bonds is 7. The Morgan fingerprint density at radius 1 is 1.35 bits per heavy atom. The van der Waals surface area contributed by atoms with Gasteiger partial charge in [0.1, 0.15) is 11.9 Å². The van der Waals surface area contributed by atoms with E-state index in [1.54, 1.807) is 0 Å². The highest BCUT2D eigenvalue weighted by atomic mass is 16.5. The molecule has 0 saturated heterocycles. The molecule has 1 aliphatic rings. The van der Waals surface area contributed by atoms with E-state index in [9.17, 15) is 0 Å². The average molecular weight is 275 g/mol.